The molecular formula is C12H13BrO2. The summed E-state index contributed by atoms with van der Waals surface area (Å²) >= 11 is 3.18. The molecule has 1 aromatic carbocycles. The van der Waals surface area contributed by atoms with E-state index >= 15 is 0 Å². The zero-order chi connectivity index (χ0) is 11.1. The van der Waals surface area contributed by atoms with Gasteiger partial charge in [0.1, 0.15) is 5.75 Å². The van der Waals surface area contributed by atoms with E-state index in [9.17, 15) is 4.79 Å². The van der Waals surface area contributed by atoms with Crippen LogP contribution in [0.1, 0.15) is 29.8 Å². The molecule has 0 radical (unpaired) electrons. The van der Waals surface area contributed by atoms with Crippen LogP contribution in [0.3, 0.4) is 0 Å². The predicted molar refractivity (Wildman–Crippen MR) is 63.1 cm³/mol. The monoisotopic (exact) mass is 268 g/mol. The van der Waals surface area contributed by atoms with Gasteiger partial charge in [0.2, 0.25) is 0 Å². The quantitative estimate of drug-likeness (QED) is 0.609. The molecule has 80 valence electrons. The van der Waals surface area contributed by atoms with Crippen LogP contribution in [0.5, 0.6) is 5.75 Å². The van der Waals surface area contributed by atoms with Crippen LogP contribution < -0.4 is 4.74 Å². The number of ether oxygens (including phenoxy) is 1. The Morgan fingerprint density at radius 1 is 1.53 bits per heavy atom. The predicted octanol–water partition coefficient (Wildman–Crippen LogP) is 2.93. The Kier molecular flexibility index (Phi) is 2.59. The number of carbonyl (C=O) groups excluding carboxylic acids is 1. The van der Waals surface area contributed by atoms with Crippen LogP contribution >= 0.6 is 15.9 Å². The number of rotatable bonds is 2. The highest BCUT2D eigenvalue weighted by Crippen LogP contribution is 2.38. The lowest BCUT2D eigenvalue weighted by molar-refractivity contribution is 0.102. The Morgan fingerprint density at radius 2 is 2.27 bits per heavy atom. The van der Waals surface area contributed by atoms with Crippen molar-refractivity contribution in [1.82, 2.24) is 0 Å². The highest BCUT2D eigenvalue weighted by molar-refractivity contribution is 9.09. The number of hydrogen-bond acceptors (Lipinski definition) is 2. The summed E-state index contributed by atoms with van der Waals surface area (Å²) in [5, 5.41) is 0.368. The second-order valence-electron chi connectivity index (χ2n) is 4.44. The van der Waals surface area contributed by atoms with Crippen molar-refractivity contribution in [3.63, 3.8) is 0 Å². The molecule has 0 aromatic heterocycles. The maximum Gasteiger partial charge on any atom is 0.173 e. The number of ketones is 1. The van der Waals surface area contributed by atoms with E-state index in [1.54, 1.807) is 0 Å². The molecule has 0 unspecified atom stereocenters. The fraction of sp³-hybridized carbons (Fsp3) is 0.417. The molecule has 0 N–H and O–H groups in total. The van der Waals surface area contributed by atoms with Crippen molar-refractivity contribution in [2.75, 3.05) is 11.9 Å². The lowest BCUT2D eigenvalue weighted by Crippen LogP contribution is -2.18. The van der Waals surface area contributed by atoms with Crippen LogP contribution in [0, 0.1) is 0 Å². The first-order valence-electron chi connectivity index (χ1n) is 4.91. The summed E-state index contributed by atoms with van der Waals surface area (Å²) in [6.45, 7) is 4.94. The lowest BCUT2D eigenvalue weighted by atomic mass is 9.86. The van der Waals surface area contributed by atoms with Crippen LogP contribution in [-0.2, 0) is 5.41 Å². The fourth-order valence-corrected chi connectivity index (χ4v) is 2.09. The normalized spacial score (nSPS) is 17.0. The molecule has 0 saturated heterocycles. The second-order valence-corrected chi connectivity index (χ2v) is 5.00. The number of carbonyl (C=O) groups is 1. The molecule has 0 fully saturated rings. The van der Waals surface area contributed by atoms with Gasteiger partial charge in [0, 0.05) is 16.5 Å². The number of Topliss-reactive ketones (excluding diaryl/α,β-unsaturated/α-hetero) is 1. The van der Waals surface area contributed by atoms with Gasteiger partial charge < -0.3 is 4.74 Å². The molecule has 0 amide bonds. The first kappa shape index (κ1) is 10.7. The molecule has 0 atom stereocenters. The van der Waals surface area contributed by atoms with Crippen molar-refractivity contribution in [3.8, 4) is 5.75 Å². The van der Waals surface area contributed by atoms with Crippen LogP contribution in [0.2, 0.25) is 0 Å². The third-order valence-electron chi connectivity index (χ3n) is 2.74. The summed E-state index contributed by atoms with van der Waals surface area (Å²) in [4.78, 5) is 11.5. The highest BCUT2D eigenvalue weighted by atomic mass is 79.9. The Morgan fingerprint density at radius 3 is 2.93 bits per heavy atom. The van der Waals surface area contributed by atoms with Gasteiger partial charge in [-0.05, 0) is 18.2 Å². The summed E-state index contributed by atoms with van der Waals surface area (Å²) in [6.07, 6.45) is 0. The van der Waals surface area contributed by atoms with E-state index in [-0.39, 0.29) is 11.2 Å². The van der Waals surface area contributed by atoms with Crippen LogP contribution in [-0.4, -0.2) is 17.7 Å². The molecule has 1 aliphatic rings. The average Bonchev–Trinajstić information content (AvgIpc) is 2.53. The maximum atomic E-state index is 11.5. The molecule has 2 nitrogen and oxygen atoms in total. The van der Waals surface area contributed by atoms with Gasteiger partial charge in [0.25, 0.3) is 0 Å². The van der Waals surface area contributed by atoms with E-state index < -0.39 is 0 Å². The molecule has 3 heteroatoms. The largest absolute Gasteiger partial charge is 0.492 e. The SMILES string of the molecule is CC1(C)COc2ccc(C(=O)CBr)cc21. The second kappa shape index (κ2) is 3.63. The van der Waals surface area contributed by atoms with Crippen molar-refractivity contribution in [2.45, 2.75) is 19.3 Å². The van der Waals surface area contributed by atoms with Gasteiger partial charge in [0.05, 0.1) is 11.9 Å². The molecule has 0 spiro atoms. The van der Waals surface area contributed by atoms with E-state index in [0.29, 0.717) is 11.9 Å². The van der Waals surface area contributed by atoms with E-state index in [1.165, 1.54) is 0 Å². The molecule has 0 saturated carbocycles. The van der Waals surface area contributed by atoms with Gasteiger partial charge in [-0.3, -0.25) is 4.79 Å². The number of fused-ring (bicyclic) bond motifs is 1. The maximum absolute atomic E-state index is 11.5. The number of hydrogen-bond donors (Lipinski definition) is 0. The number of alkyl halides is 1. The van der Waals surface area contributed by atoms with E-state index in [2.05, 4.69) is 29.8 Å². The molecular weight excluding hydrogens is 256 g/mol. The molecule has 15 heavy (non-hydrogen) atoms. The van der Waals surface area contributed by atoms with Crippen molar-refractivity contribution < 1.29 is 9.53 Å². The first-order valence-corrected chi connectivity index (χ1v) is 6.03. The van der Waals surface area contributed by atoms with E-state index in [1.807, 2.05) is 18.2 Å². The molecule has 0 aliphatic carbocycles. The molecule has 1 heterocycles. The summed E-state index contributed by atoms with van der Waals surface area (Å²) in [5.41, 5.74) is 1.90. The first-order chi connectivity index (χ1) is 7.04. The number of benzene rings is 1. The third kappa shape index (κ3) is 1.81. The van der Waals surface area contributed by atoms with Crippen molar-refractivity contribution >= 4 is 21.7 Å². The van der Waals surface area contributed by atoms with E-state index in [0.717, 1.165) is 16.9 Å². The minimum atomic E-state index is 0.0118. The summed E-state index contributed by atoms with van der Waals surface area (Å²) < 4.78 is 5.56. The smallest absolute Gasteiger partial charge is 0.173 e. The Hall–Kier alpha value is -0.830. The molecule has 1 aliphatic heterocycles. The van der Waals surface area contributed by atoms with Gasteiger partial charge >= 0.3 is 0 Å². The number of halogens is 1. The lowest BCUT2D eigenvalue weighted by Gasteiger charge is -2.15. The Balaban J connectivity index is 2.46. The fourth-order valence-electron chi connectivity index (χ4n) is 1.77. The van der Waals surface area contributed by atoms with Gasteiger partial charge in [-0.2, -0.15) is 0 Å². The molecule has 1 aromatic rings. The zero-order valence-corrected chi connectivity index (χ0v) is 10.4. The van der Waals surface area contributed by atoms with Crippen molar-refractivity contribution in [1.29, 1.82) is 0 Å². The zero-order valence-electron chi connectivity index (χ0n) is 8.84. The van der Waals surface area contributed by atoms with Gasteiger partial charge in [-0.15, -0.1) is 0 Å². The minimum Gasteiger partial charge on any atom is -0.492 e. The highest BCUT2D eigenvalue weighted by Gasteiger charge is 2.32. The molecule has 0 bridgehead atoms. The van der Waals surface area contributed by atoms with Crippen LogP contribution in [0.4, 0.5) is 0 Å². The third-order valence-corrected chi connectivity index (χ3v) is 3.25. The van der Waals surface area contributed by atoms with Gasteiger partial charge in [0.15, 0.2) is 5.78 Å². The Labute approximate surface area is 97.8 Å². The van der Waals surface area contributed by atoms with Gasteiger partial charge in [-0.1, -0.05) is 29.8 Å². The minimum absolute atomic E-state index is 0.0118. The van der Waals surface area contributed by atoms with Crippen molar-refractivity contribution in [3.05, 3.63) is 29.3 Å². The summed E-state index contributed by atoms with van der Waals surface area (Å²) in [7, 11) is 0. The van der Waals surface area contributed by atoms with E-state index in [4.69, 9.17) is 4.74 Å². The van der Waals surface area contributed by atoms with Crippen molar-refractivity contribution in [2.24, 2.45) is 0 Å². The topological polar surface area (TPSA) is 26.3 Å². The van der Waals surface area contributed by atoms with Gasteiger partial charge in [-0.25, -0.2) is 0 Å². The summed E-state index contributed by atoms with van der Waals surface area (Å²) in [6, 6.07) is 5.66. The standard InChI is InChI=1S/C12H13BrO2/c1-12(2)7-15-11-4-3-8(5-9(11)12)10(14)6-13/h3-5H,6-7H2,1-2H3. The average molecular weight is 269 g/mol. The Bertz CT molecular complexity index is 410. The summed E-state index contributed by atoms with van der Waals surface area (Å²) in [5.74, 6) is 1.02. The molecule has 2 rings (SSSR count). The van der Waals surface area contributed by atoms with Crippen LogP contribution in [0.15, 0.2) is 18.2 Å². The van der Waals surface area contributed by atoms with Crippen LogP contribution in [0.25, 0.3) is 0 Å².